The van der Waals surface area contributed by atoms with Crippen molar-refractivity contribution in [3.05, 3.63) is 24.1 Å². The summed E-state index contributed by atoms with van der Waals surface area (Å²) in [6.45, 7) is 2.24. The number of carbonyl (C=O) groups excluding carboxylic acids is 1. The maximum Gasteiger partial charge on any atom is 0.246 e. The third-order valence-electron chi connectivity index (χ3n) is 4.37. The van der Waals surface area contributed by atoms with Crippen LogP contribution in [0.25, 0.3) is 11.5 Å². The smallest absolute Gasteiger partial charge is 0.246 e. The number of rotatable bonds is 3. The van der Waals surface area contributed by atoms with Crippen molar-refractivity contribution in [2.75, 3.05) is 13.1 Å². The van der Waals surface area contributed by atoms with Crippen molar-refractivity contribution in [1.82, 2.24) is 14.8 Å². The van der Waals surface area contributed by atoms with Gasteiger partial charge in [0.1, 0.15) is 10.7 Å². The van der Waals surface area contributed by atoms with Crippen molar-refractivity contribution in [3.63, 3.8) is 0 Å². The van der Waals surface area contributed by atoms with Gasteiger partial charge in [0.2, 0.25) is 21.7 Å². The van der Waals surface area contributed by atoms with Gasteiger partial charge in [0.05, 0.1) is 6.20 Å². The van der Waals surface area contributed by atoms with E-state index in [4.69, 9.17) is 8.94 Å². The van der Waals surface area contributed by atoms with Gasteiger partial charge < -0.3 is 14.3 Å². The Bertz CT molecular complexity index is 839. The number of fused-ring (bicyclic) bond motifs is 1. The number of hydrogen-bond acceptors (Lipinski definition) is 6. The summed E-state index contributed by atoms with van der Waals surface area (Å²) in [6, 6.07) is 2.96. The van der Waals surface area contributed by atoms with Crippen molar-refractivity contribution < 1.29 is 22.2 Å². The van der Waals surface area contributed by atoms with Crippen molar-refractivity contribution in [2.45, 2.75) is 24.3 Å². The molecule has 0 aliphatic carbocycles. The molecule has 2 aromatic rings. The highest BCUT2D eigenvalue weighted by molar-refractivity contribution is 7.89. The van der Waals surface area contributed by atoms with E-state index in [0.29, 0.717) is 36.8 Å². The zero-order valence-electron chi connectivity index (χ0n) is 12.4. The van der Waals surface area contributed by atoms with Gasteiger partial charge in [-0.25, -0.2) is 8.42 Å². The molecule has 4 rings (SSSR count). The highest BCUT2D eigenvalue weighted by Crippen LogP contribution is 2.34. The Morgan fingerprint density at radius 1 is 1.35 bits per heavy atom. The van der Waals surface area contributed by atoms with Crippen LogP contribution in [0, 0.1) is 12.8 Å². The molecule has 2 aliphatic heterocycles. The van der Waals surface area contributed by atoms with E-state index in [9.17, 15) is 13.2 Å². The first kappa shape index (κ1) is 14.5. The number of sulfonamides is 1. The molecule has 2 aliphatic rings. The van der Waals surface area contributed by atoms with E-state index in [2.05, 4.69) is 10.5 Å². The molecule has 0 saturated carbocycles. The van der Waals surface area contributed by atoms with Crippen molar-refractivity contribution >= 4 is 15.9 Å². The summed E-state index contributed by atoms with van der Waals surface area (Å²) in [6.07, 6.45) is 1.84. The Kier molecular flexibility index (Phi) is 3.10. The summed E-state index contributed by atoms with van der Waals surface area (Å²) in [5.74, 6) is 1.03. The minimum absolute atomic E-state index is 0.0101. The highest BCUT2D eigenvalue weighted by atomic mass is 32.2. The monoisotopic (exact) mass is 337 g/mol. The van der Waals surface area contributed by atoms with E-state index in [1.54, 1.807) is 13.0 Å². The largest absolute Gasteiger partial charge is 0.457 e. The van der Waals surface area contributed by atoms with E-state index < -0.39 is 10.0 Å². The fraction of sp³-hybridized carbons (Fsp3) is 0.429. The molecule has 1 amide bonds. The van der Waals surface area contributed by atoms with Gasteiger partial charge in [0.25, 0.3) is 0 Å². The quantitative estimate of drug-likeness (QED) is 0.886. The standard InChI is InChI=1S/C14H15N3O5S/c1-8-13(5-12(21-8)11-2-3-15-22-11)23(19,20)17-6-9-4-14(18)16-10(9)7-17/h2-3,5,9-10H,4,6-7H2,1H3,(H,16,18)/t9-,10+/m0/s1. The predicted molar refractivity (Wildman–Crippen MR) is 77.7 cm³/mol. The summed E-state index contributed by atoms with van der Waals surface area (Å²) in [7, 11) is -3.67. The van der Waals surface area contributed by atoms with Crippen LogP contribution in [0.4, 0.5) is 0 Å². The van der Waals surface area contributed by atoms with Gasteiger partial charge in [-0.05, 0) is 6.92 Å². The van der Waals surface area contributed by atoms with Gasteiger partial charge in [-0.2, -0.15) is 4.31 Å². The van der Waals surface area contributed by atoms with Gasteiger partial charge in [-0.15, -0.1) is 0 Å². The van der Waals surface area contributed by atoms with Gasteiger partial charge in [0, 0.05) is 43.6 Å². The lowest BCUT2D eigenvalue weighted by Gasteiger charge is -2.16. The van der Waals surface area contributed by atoms with Crippen LogP contribution in [-0.2, 0) is 14.8 Å². The second kappa shape index (κ2) is 4.93. The van der Waals surface area contributed by atoms with Gasteiger partial charge in [-0.3, -0.25) is 4.79 Å². The van der Waals surface area contributed by atoms with Crippen LogP contribution in [0.1, 0.15) is 12.2 Å². The van der Waals surface area contributed by atoms with E-state index in [1.165, 1.54) is 16.6 Å². The number of nitrogens with one attached hydrogen (secondary N) is 1. The lowest BCUT2D eigenvalue weighted by atomic mass is 10.1. The summed E-state index contributed by atoms with van der Waals surface area (Å²) in [5.41, 5.74) is 0. The van der Waals surface area contributed by atoms with Crippen LogP contribution in [0.5, 0.6) is 0 Å². The Balaban J connectivity index is 1.64. The Hall–Kier alpha value is -2.13. The lowest BCUT2D eigenvalue weighted by Crippen LogP contribution is -2.35. The molecular weight excluding hydrogens is 322 g/mol. The maximum atomic E-state index is 12.9. The molecule has 2 fully saturated rings. The summed E-state index contributed by atoms with van der Waals surface area (Å²) in [4.78, 5) is 11.5. The number of aryl methyl sites for hydroxylation is 1. The van der Waals surface area contributed by atoms with Crippen molar-refractivity contribution in [1.29, 1.82) is 0 Å². The second-order valence-electron chi connectivity index (χ2n) is 5.87. The molecule has 23 heavy (non-hydrogen) atoms. The first-order valence-corrected chi connectivity index (χ1v) is 8.70. The van der Waals surface area contributed by atoms with Crippen LogP contribution < -0.4 is 5.32 Å². The molecule has 0 unspecified atom stereocenters. The number of furan rings is 1. The SMILES string of the molecule is Cc1oc(-c2ccno2)cc1S(=O)(=O)N1C[C@@H]2CC(=O)N[C@@H]2C1. The molecule has 0 bridgehead atoms. The molecule has 2 saturated heterocycles. The van der Waals surface area contributed by atoms with Crippen LogP contribution in [0.15, 0.2) is 32.2 Å². The minimum atomic E-state index is -3.67. The van der Waals surface area contributed by atoms with Gasteiger partial charge >= 0.3 is 0 Å². The predicted octanol–water partition coefficient (Wildman–Crippen LogP) is 0.752. The molecule has 1 N–H and O–H groups in total. The van der Waals surface area contributed by atoms with Crippen molar-refractivity contribution in [2.24, 2.45) is 5.92 Å². The summed E-state index contributed by atoms with van der Waals surface area (Å²) >= 11 is 0. The molecule has 0 spiro atoms. The zero-order valence-corrected chi connectivity index (χ0v) is 13.2. The number of hydrogen-bond donors (Lipinski definition) is 1. The Morgan fingerprint density at radius 2 is 2.17 bits per heavy atom. The van der Waals surface area contributed by atoms with Gasteiger partial charge in [-0.1, -0.05) is 5.16 Å². The van der Waals surface area contributed by atoms with Crippen LogP contribution in [-0.4, -0.2) is 42.9 Å². The number of nitrogens with zero attached hydrogens (tertiary/aromatic N) is 2. The summed E-state index contributed by atoms with van der Waals surface area (Å²) < 4.78 is 37.6. The van der Waals surface area contributed by atoms with Gasteiger partial charge in [0.15, 0.2) is 5.76 Å². The molecule has 9 heteroatoms. The molecule has 4 heterocycles. The normalized spacial score (nSPS) is 24.8. The number of amides is 1. The average molecular weight is 337 g/mol. The third kappa shape index (κ3) is 2.27. The van der Waals surface area contributed by atoms with E-state index in [-0.39, 0.29) is 22.8 Å². The van der Waals surface area contributed by atoms with E-state index >= 15 is 0 Å². The highest BCUT2D eigenvalue weighted by Gasteiger charge is 2.45. The minimum Gasteiger partial charge on any atom is -0.457 e. The molecule has 2 atom stereocenters. The van der Waals surface area contributed by atoms with E-state index in [1.807, 2.05) is 0 Å². The molecule has 2 aromatic heterocycles. The maximum absolute atomic E-state index is 12.9. The molecule has 0 radical (unpaired) electrons. The van der Waals surface area contributed by atoms with Crippen molar-refractivity contribution in [3.8, 4) is 11.5 Å². The fourth-order valence-electron chi connectivity index (χ4n) is 3.23. The molecular formula is C14H15N3O5S. The third-order valence-corrected chi connectivity index (χ3v) is 6.31. The first-order valence-electron chi connectivity index (χ1n) is 7.26. The average Bonchev–Trinajstić information content (AvgIpc) is 3.19. The topological polar surface area (TPSA) is 106 Å². The second-order valence-corrected chi connectivity index (χ2v) is 7.77. The molecule has 122 valence electrons. The van der Waals surface area contributed by atoms with Crippen LogP contribution >= 0.6 is 0 Å². The molecule has 0 aromatic carbocycles. The first-order chi connectivity index (χ1) is 10.9. The molecule has 8 nitrogen and oxygen atoms in total. The fourth-order valence-corrected chi connectivity index (χ4v) is 4.91. The lowest BCUT2D eigenvalue weighted by molar-refractivity contribution is -0.119. The van der Waals surface area contributed by atoms with Crippen LogP contribution in [0.2, 0.25) is 0 Å². The summed E-state index contributed by atoms with van der Waals surface area (Å²) in [5, 5.41) is 6.41. The van der Waals surface area contributed by atoms with E-state index in [0.717, 1.165) is 0 Å². The number of carbonyl (C=O) groups is 1. The Morgan fingerprint density at radius 3 is 2.87 bits per heavy atom. The number of aromatic nitrogens is 1. The zero-order chi connectivity index (χ0) is 16.2. The van der Waals surface area contributed by atoms with Crippen LogP contribution in [0.3, 0.4) is 0 Å². The Labute approximate surface area is 132 Å².